The van der Waals surface area contributed by atoms with Gasteiger partial charge in [-0.05, 0) is 31.7 Å². The van der Waals surface area contributed by atoms with Gasteiger partial charge in [-0.3, -0.25) is 14.9 Å². The molecule has 1 N–H and O–H groups in total. The normalized spacial score (nSPS) is 15.5. The topological polar surface area (TPSA) is 97.1 Å². The first-order valence-corrected chi connectivity index (χ1v) is 9.48. The van der Waals surface area contributed by atoms with Crippen LogP contribution in [-0.4, -0.2) is 48.0 Å². The molecule has 0 aliphatic carbocycles. The van der Waals surface area contributed by atoms with E-state index in [9.17, 15) is 14.9 Å². The monoisotopic (exact) mass is 376 g/mol. The number of rotatable bonds is 7. The molecule has 8 nitrogen and oxygen atoms in total. The van der Waals surface area contributed by atoms with E-state index >= 15 is 0 Å². The highest BCUT2D eigenvalue weighted by molar-refractivity contribution is 5.80. The van der Waals surface area contributed by atoms with Crippen molar-refractivity contribution in [3.8, 4) is 0 Å². The zero-order valence-electron chi connectivity index (χ0n) is 16.0. The molecule has 0 saturated carbocycles. The lowest BCUT2D eigenvalue weighted by Crippen LogP contribution is -2.47. The molecular formula is C19H28N4O4. The molecule has 8 heteroatoms. The van der Waals surface area contributed by atoms with Gasteiger partial charge in [-0.25, -0.2) is 4.99 Å². The van der Waals surface area contributed by atoms with E-state index in [1.807, 2.05) is 6.92 Å². The molecule has 148 valence electrons. The second kappa shape index (κ2) is 10.5. The van der Waals surface area contributed by atoms with Gasteiger partial charge in [0.2, 0.25) is 0 Å². The summed E-state index contributed by atoms with van der Waals surface area (Å²) in [6.07, 6.45) is 2.49. The zero-order chi connectivity index (χ0) is 19.6. The lowest BCUT2D eigenvalue weighted by Gasteiger charge is -2.33. The van der Waals surface area contributed by atoms with Gasteiger partial charge in [-0.1, -0.05) is 19.1 Å². The predicted molar refractivity (Wildman–Crippen MR) is 103 cm³/mol. The molecule has 0 radical (unpaired) electrons. The fourth-order valence-electron chi connectivity index (χ4n) is 2.98. The van der Waals surface area contributed by atoms with Gasteiger partial charge in [0.15, 0.2) is 5.96 Å². The zero-order valence-corrected chi connectivity index (χ0v) is 16.0. The SMILES string of the molecule is CCCNC(=NCc1ccc([N+](=O)[O-])cc1)N1CCC(C(=O)OCC)CC1. The molecule has 2 rings (SSSR count). The van der Waals surface area contributed by atoms with Crippen molar-refractivity contribution in [3.63, 3.8) is 0 Å². The minimum absolute atomic E-state index is 0.0386. The summed E-state index contributed by atoms with van der Waals surface area (Å²) in [5, 5.41) is 14.1. The van der Waals surface area contributed by atoms with E-state index in [0.29, 0.717) is 13.2 Å². The van der Waals surface area contributed by atoms with Gasteiger partial charge in [0.05, 0.1) is 24.0 Å². The molecule has 27 heavy (non-hydrogen) atoms. The third-order valence-electron chi connectivity index (χ3n) is 4.51. The number of piperidine rings is 1. The van der Waals surface area contributed by atoms with Crippen LogP contribution in [0, 0.1) is 16.0 Å². The van der Waals surface area contributed by atoms with Crippen LogP contribution in [0.15, 0.2) is 29.3 Å². The molecule has 0 spiro atoms. The van der Waals surface area contributed by atoms with E-state index in [0.717, 1.165) is 50.4 Å². The van der Waals surface area contributed by atoms with E-state index in [-0.39, 0.29) is 17.6 Å². The molecule has 1 saturated heterocycles. The molecule has 1 fully saturated rings. The van der Waals surface area contributed by atoms with Crippen LogP contribution in [0.2, 0.25) is 0 Å². The Labute approximate surface area is 159 Å². The summed E-state index contributed by atoms with van der Waals surface area (Å²) in [6.45, 7) is 7.09. The number of nitrogens with zero attached hydrogens (tertiary/aromatic N) is 3. The number of nitro groups is 1. The second-order valence-electron chi connectivity index (χ2n) is 6.50. The van der Waals surface area contributed by atoms with Gasteiger partial charge >= 0.3 is 5.97 Å². The number of nitrogens with one attached hydrogen (secondary N) is 1. The Morgan fingerprint density at radius 1 is 1.30 bits per heavy atom. The number of esters is 1. The average molecular weight is 376 g/mol. The molecule has 0 atom stereocenters. The molecule has 0 bridgehead atoms. The van der Waals surface area contributed by atoms with Crippen LogP contribution in [0.5, 0.6) is 0 Å². The average Bonchev–Trinajstić information content (AvgIpc) is 2.69. The number of hydrogen-bond donors (Lipinski definition) is 1. The summed E-state index contributed by atoms with van der Waals surface area (Å²) >= 11 is 0. The number of nitro benzene ring substituents is 1. The fraction of sp³-hybridized carbons (Fsp3) is 0.579. The molecule has 1 aliphatic heterocycles. The van der Waals surface area contributed by atoms with Crippen LogP contribution in [0.4, 0.5) is 5.69 Å². The summed E-state index contributed by atoms with van der Waals surface area (Å²) in [4.78, 5) is 29.1. The summed E-state index contributed by atoms with van der Waals surface area (Å²) < 4.78 is 5.12. The molecule has 1 aliphatic rings. The molecule has 0 amide bonds. The van der Waals surface area contributed by atoms with E-state index in [1.54, 1.807) is 12.1 Å². The number of ether oxygens (including phenoxy) is 1. The van der Waals surface area contributed by atoms with E-state index in [4.69, 9.17) is 4.74 Å². The highest BCUT2D eigenvalue weighted by Gasteiger charge is 2.27. The minimum Gasteiger partial charge on any atom is -0.466 e. The summed E-state index contributed by atoms with van der Waals surface area (Å²) in [5.41, 5.74) is 0.992. The Bertz CT molecular complexity index is 652. The van der Waals surface area contributed by atoms with Gasteiger partial charge < -0.3 is 15.0 Å². The third kappa shape index (κ3) is 6.23. The summed E-state index contributed by atoms with van der Waals surface area (Å²) in [5.74, 6) is 0.670. The highest BCUT2D eigenvalue weighted by Crippen LogP contribution is 2.19. The Morgan fingerprint density at radius 2 is 1.96 bits per heavy atom. The lowest BCUT2D eigenvalue weighted by atomic mass is 9.97. The fourth-order valence-corrected chi connectivity index (χ4v) is 2.98. The molecule has 0 aromatic heterocycles. The van der Waals surface area contributed by atoms with Crippen molar-refractivity contribution in [2.75, 3.05) is 26.2 Å². The van der Waals surface area contributed by atoms with Crippen molar-refractivity contribution in [2.45, 2.75) is 39.7 Å². The number of carbonyl (C=O) groups excluding carboxylic acids is 1. The quantitative estimate of drug-likeness (QED) is 0.258. The summed E-state index contributed by atoms with van der Waals surface area (Å²) in [6, 6.07) is 6.45. The molecule has 1 aromatic carbocycles. The van der Waals surface area contributed by atoms with Crippen molar-refractivity contribution < 1.29 is 14.5 Å². The first kappa shape index (κ1) is 20.7. The number of hydrogen-bond acceptors (Lipinski definition) is 5. The van der Waals surface area contributed by atoms with Crippen molar-refractivity contribution in [3.05, 3.63) is 39.9 Å². The van der Waals surface area contributed by atoms with Gasteiger partial charge in [0.1, 0.15) is 0 Å². The van der Waals surface area contributed by atoms with Crippen LogP contribution >= 0.6 is 0 Å². The maximum Gasteiger partial charge on any atom is 0.309 e. The van der Waals surface area contributed by atoms with Gasteiger partial charge in [0.25, 0.3) is 5.69 Å². The van der Waals surface area contributed by atoms with Crippen LogP contribution in [-0.2, 0) is 16.1 Å². The van der Waals surface area contributed by atoms with E-state index in [1.165, 1.54) is 12.1 Å². The van der Waals surface area contributed by atoms with Crippen molar-refractivity contribution in [1.82, 2.24) is 10.2 Å². The largest absolute Gasteiger partial charge is 0.466 e. The van der Waals surface area contributed by atoms with Crippen LogP contribution in [0.25, 0.3) is 0 Å². The van der Waals surface area contributed by atoms with Crippen molar-refractivity contribution in [2.24, 2.45) is 10.9 Å². The summed E-state index contributed by atoms with van der Waals surface area (Å²) in [7, 11) is 0. The van der Waals surface area contributed by atoms with Crippen molar-refractivity contribution >= 4 is 17.6 Å². The number of benzene rings is 1. The molecular weight excluding hydrogens is 348 g/mol. The Balaban J connectivity index is 1.99. The Hall–Kier alpha value is -2.64. The smallest absolute Gasteiger partial charge is 0.309 e. The number of aliphatic imine (C=N–C) groups is 1. The van der Waals surface area contributed by atoms with Crippen LogP contribution < -0.4 is 5.32 Å². The number of non-ortho nitro benzene ring substituents is 1. The van der Waals surface area contributed by atoms with E-state index in [2.05, 4.69) is 22.1 Å². The second-order valence-corrected chi connectivity index (χ2v) is 6.50. The predicted octanol–water partition coefficient (Wildman–Crippen LogP) is 2.73. The van der Waals surface area contributed by atoms with Gasteiger partial charge in [0, 0.05) is 31.8 Å². The number of carbonyl (C=O) groups is 1. The first-order chi connectivity index (χ1) is 13.0. The first-order valence-electron chi connectivity index (χ1n) is 9.48. The molecule has 1 heterocycles. The Kier molecular flexibility index (Phi) is 8.03. The Morgan fingerprint density at radius 3 is 2.52 bits per heavy atom. The van der Waals surface area contributed by atoms with Gasteiger partial charge in [-0.2, -0.15) is 0 Å². The van der Waals surface area contributed by atoms with Crippen LogP contribution in [0.1, 0.15) is 38.7 Å². The minimum atomic E-state index is -0.408. The van der Waals surface area contributed by atoms with E-state index < -0.39 is 4.92 Å². The maximum atomic E-state index is 11.9. The van der Waals surface area contributed by atoms with Crippen LogP contribution in [0.3, 0.4) is 0 Å². The molecule has 1 aromatic rings. The third-order valence-corrected chi connectivity index (χ3v) is 4.51. The standard InChI is InChI=1S/C19H28N4O4/c1-3-11-20-19(21-14-15-5-7-17(8-6-15)23(25)26)22-12-9-16(10-13-22)18(24)27-4-2/h5-8,16H,3-4,9-14H2,1-2H3,(H,20,21). The number of likely N-dealkylation sites (tertiary alicyclic amines) is 1. The number of guanidine groups is 1. The highest BCUT2D eigenvalue weighted by atomic mass is 16.6. The maximum absolute atomic E-state index is 11.9. The lowest BCUT2D eigenvalue weighted by molar-refractivity contribution is -0.384. The molecule has 0 unspecified atom stereocenters. The van der Waals surface area contributed by atoms with Gasteiger partial charge in [-0.15, -0.1) is 0 Å². The van der Waals surface area contributed by atoms with Crippen molar-refractivity contribution in [1.29, 1.82) is 0 Å².